The zero-order valence-electron chi connectivity index (χ0n) is 15.2. The summed E-state index contributed by atoms with van der Waals surface area (Å²) in [7, 11) is 0. The summed E-state index contributed by atoms with van der Waals surface area (Å²) >= 11 is 0. The molecule has 0 fully saturated rings. The molecule has 0 radical (unpaired) electrons. The summed E-state index contributed by atoms with van der Waals surface area (Å²) in [6, 6.07) is 16.5. The minimum Gasteiger partial charge on any atom is -0.385 e. The Morgan fingerprint density at radius 3 is 2.42 bits per heavy atom. The Morgan fingerprint density at radius 1 is 1.12 bits per heavy atom. The number of anilines is 2. The minimum absolute atomic E-state index is 0.148. The number of rotatable bonds is 7. The van der Waals surface area contributed by atoms with Crippen LogP contribution in [0.5, 0.6) is 0 Å². The number of hydrogen-bond acceptors (Lipinski definition) is 2. The molecule has 3 nitrogen and oxygen atoms in total. The zero-order valence-corrected chi connectivity index (χ0v) is 15.2. The Labute approximate surface area is 145 Å². The van der Waals surface area contributed by atoms with Crippen molar-refractivity contribution < 1.29 is 4.79 Å². The van der Waals surface area contributed by atoms with E-state index in [2.05, 4.69) is 49.5 Å². The van der Waals surface area contributed by atoms with Gasteiger partial charge in [0.2, 0.25) is 5.91 Å². The van der Waals surface area contributed by atoms with Crippen molar-refractivity contribution in [2.75, 3.05) is 23.3 Å². The number of benzene rings is 2. The monoisotopic (exact) mass is 324 g/mol. The quantitative estimate of drug-likeness (QED) is 0.779. The van der Waals surface area contributed by atoms with Gasteiger partial charge in [0.1, 0.15) is 0 Å². The molecule has 0 unspecified atom stereocenters. The Bertz CT molecular complexity index is 662. The normalized spacial score (nSPS) is 10.7. The predicted molar refractivity (Wildman–Crippen MR) is 103 cm³/mol. The molecule has 0 atom stereocenters. The highest BCUT2D eigenvalue weighted by Gasteiger charge is 2.13. The first kappa shape index (κ1) is 18.1. The molecular weight excluding hydrogens is 296 g/mol. The van der Waals surface area contributed by atoms with Crippen LogP contribution in [0.3, 0.4) is 0 Å². The van der Waals surface area contributed by atoms with Crippen molar-refractivity contribution in [3.63, 3.8) is 0 Å². The van der Waals surface area contributed by atoms with Crippen molar-refractivity contribution in [2.45, 2.75) is 40.0 Å². The summed E-state index contributed by atoms with van der Waals surface area (Å²) in [4.78, 5) is 14.3. The number of nitrogens with zero attached hydrogens (tertiary/aromatic N) is 1. The molecule has 0 spiro atoms. The number of amides is 1. The largest absolute Gasteiger partial charge is 0.385 e. The van der Waals surface area contributed by atoms with Gasteiger partial charge in [-0.1, -0.05) is 38.1 Å². The van der Waals surface area contributed by atoms with E-state index in [9.17, 15) is 4.79 Å². The fourth-order valence-corrected chi connectivity index (χ4v) is 2.73. The Hall–Kier alpha value is -2.29. The number of nitrogens with one attached hydrogen (secondary N) is 1. The van der Waals surface area contributed by atoms with E-state index in [4.69, 9.17) is 0 Å². The molecule has 0 bridgehead atoms. The molecule has 128 valence electrons. The Kier molecular flexibility index (Phi) is 6.42. The maximum Gasteiger partial charge on any atom is 0.228 e. The van der Waals surface area contributed by atoms with E-state index in [0.717, 1.165) is 11.4 Å². The molecule has 0 aliphatic rings. The standard InChI is InChI=1S/C21H28N2O/c1-5-23(20-8-6-7-17(4)15-20)21(24)13-14-22-19-11-9-18(10-12-19)16(2)3/h6-12,15-16,22H,5,13-14H2,1-4H3. The second-order valence-electron chi connectivity index (χ2n) is 6.43. The molecule has 0 aliphatic carbocycles. The summed E-state index contributed by atoms with van der Waals surface area (Å²) in [6.07, 6.45) is 0.480. The highest BCUT2D eigenvalue weighted by Crippen LogP contribution is 2.18. The van der Waals surface area contributed by atoms with Gasteiger partial charge in [-0.05, 0) is 55.2 Å². The molecule has 0 heterocycles. The molecule has 0 saturated carbocycles. The lowest BCUT2D eigenvalue weighted by Gasteiger charge is -2.21. The Balaban J connectivity index is 1.89. The third-order valence-corrected chi connectivity index (χ3v) is 4.18. The maximum absolute atomic E-state index is 12.5. The fraction of sp³-hybridized carbons (Fsp3) is 0.381. The molecule has 0 saturated heterocycles. The first-order chi connectivity index (χ1) is 11.5. The highest BCUT2D eigenvalue weighted by atomic mass is 16.2. The first-order valence-electron chi connectivity index (χ1n) is 8.72. The average Bonchev–Trinajstić information content (AvgIpc) is 2.56. The van der Waals surface area contributed by atoms with Crippen LogP contribution in [0.4, 0.5) is 11.4 Å². The summed E-state index contributed by atoms with van der Waals surface area (Å²) < 4.78 is 0. The third-order valence-electron chi connectivity index (χ3n) is 4.18. The van der Waals surface area contributed by atoms with E-state index in [0.29, 0.717) is 25.4 Å². The van der Waals surface area contributed by atoms with E-state index in [1.54, 1.807) is 0 Å². The smallest absolute Gasteiger partial charge is 0.228 e. The van der Waals surface area contributed by atoms with Crippen LogP contribution in [0.25, 0.3) is 0 Å². The lowest BCUT2D eigenvalue weighted by Crippen LogP contribution is -2.31. The van der Waals surface area contributed by atoms with Crippen molar-refractivity contribution in [2.24, 2.45) is 0 Å². The van der Waals surface area contributed by atoms with Crippen LogP contribution in [0, 0.1) is 6.92 Å². The molecule has 1 N–H and O–H groups in total. The van der Waals surface area contributed by atoms with Crippen molar-refractivity contribution in [1.82, 2.24) is 0 Å². The number of carbonyl (C=O) groups excluding carboxylic acids is 1. The lowest BCUT2D eigenvalue weighted by molar-refractivity contribution is -0.118. The molecule has 2 aromatic rings. The second-order valence-corrected chi connectivity index (χ2v) is 6.43. The van der Waals surface area contributed by atoms with Crippen LogP contribution in [0.15, 0.2) is 48.5 Å². The van der Waals surface area contributed by atoms with E-state index in [1.807, 2.05) is 36.9 Å². The SMILES string of the molecule is CCN(C(=O)CCNc1ccc(C(C)C)cc1)c1cccc(C)c1. The van der Waals surface area contributed by atoms with Crippen molar-refractivity contribution >= 4 is 17.3 Å². The highest BCUT2D eigenvalue weighted by molar-refractivity contribution is 5.93. The first-order valence-corrected chi connectivity index (χ1v) is 8.72. The van der Waals surface area contributed by atoms with Crippen LogP contribution in [-0.4, -0.2) is 19.0 Å². The van der Waals surface area contributed by atoms with Crippen LogP contribution >= 0.6 is 0 Å². The van der Waals surface area contributed by atoms with Crippen LogP contribution < -0.4 is 10.2 Å². The summed E-state index contributed by atoms with van der Waals surface area (Å²) in [6.45, 7) is 9.76. The van der Waals surface area contributed by atoms with Gasteiger partial charge in [0.15, 0.2) is 0 Å². The second kappa shape index (κ2) is 8.53. The van der Waals surface area contributed by atoms with Crippen molar-refractivity contribution in [1.29, 1.82) is 0 Å². The molecule has 24 heavy (non-hydrogen) atoms. The average molecular weight is 324 g/mol. The molecule has 2 rings (SSSR count). The molecule has 0 aromatic heterocycles. The molecule has 3 heteroatoms. The third kappa shape index (κ3) is 4.85. The van der Waals surface area contributed by atoms with Crippen molar-refractivity contribution in [3.8, 4) is 0 Å². The summed E-state index contributed by atoms with van der Waals surface area (Å²) in [5.74, 6) is 0.683. The minimum atomic E-state index is 0.148. The fourth-order valence-electron chi connectivity index (χ4n) is 2.73. The Morgan fingerprint density at radius 2 is 1.83 bits per heavy atom. The van der Waals surface area contributed by atoms with Gasteiger partial charge in [-0.3, -0.25) is 4.79 Å². The van der Waals surface area contributed by atoms with Gasteiger partial charge >= 0.3 is 0 Å². The molecule has 2 aromatic carbocycles. The van der Waals surface area contributed by atoms with Gasteiger partial charge in [0, 0.05) is 30.9 Å². The maximum atomic E-state index is 12.5. The van der Waals surface area contributed by atoms with E-state index in [1.165, 1.54) is 11.1 Å². The summed E-state index contributed by atoms with van der Waals surface area (Å²) in [5, 5.41) is 3.34. The van der Waals surface area contributed by atoms with Gasteiger partial charge in [-0.2, -0.15) is 0 Å². The van der Waals surface area contributed by atoms with Gasteiger partial charge in [0.25, 0.3) is 0 Å². The lowest BCUT2D eigenvalue weighted by atomic mass is 10.0. The van der Waals surface area contributed by atoms with Gasteiger partial charge in [0.05, 0.1) is 0 Å². The van der Waals surface area contributed by atoms with Crippen molar-refractivity contribution in [3.05, 3.63) is 59.7 Å². The zero-order chi connectivity index (χ0) is 17.5. The number of hydrogen-bond donors (Lipinski definition) is 1. The number of aryl methyl sites for hydroxylation is 1. The van der Waals surface area contributed by atoms with Crippen LogP contribution in [-0.2, 0) is 4.79 Å². The van der Waals surface area contributed by atoms with E-state index < -0.39 is 0 Å². The predicted octanol–water partition coefficient (Wildman–Crippen LogP) is 4.97. The van der Waals surface area contributed by atoms with Gasteiger partial charge in [-0.25, -0.2) is 0 Å². The number of carbonyl (C=O) groups is 1. The molecule has 0 aliphatic heterocycles. The van der Waals surface area contributed by atoms with E-state index >= 15 is 0 Å². The molecule has 1 amide bonds. The topological polar surface area (TPSA) is 32.3 Å². The van der Waals surface area contributed by atoms with E-state index in [-0.39, 0.29) is 5.91 Å². The van der Waals surface area contributed by atoms with Gasteiger partial charge < -0.3 is 10.2 Å². The van der Waals surface area contributed by atoms with Gasteiger partial charge in [-0.15, -0.1) is 0 Å². The van der Waals surface area contributed by atoms with Crippen LogP contribution in [0.1, 0.15) is 44.2 Å². The summed E-state index contributed by atoms with van der Waals surface area (Å²) in [5.41, 5.74) is 4.53. The molecular formula is C21H28N2O. The van der Waals surface area contributed by atoms with Crippen LogP contribution in [0.2, 0.25) is 0 Å².